The molecule has 1 fully saturated rings. The molecule has 2 atom stereocenters. The van der Waals surface area contributed by atoms with Gasteiger partial charge in [-0.1, -0.05) is 6.92 Å². The van der Waals surface area contributed by atoms with E-state index in [9.17, 15) is 23.5 Å². The van der Waals surface area contributed by atoms with Gasteiger partial charge < -0.3 is 15.3 Å². The number of alkyl halides is 2. The summed E-state index contributed by atoms with van der Waals surface area (Å²) in [5.74, 6) is -5.38. The van der Waals surface area contributed by atoms with Crippen LogP contribution >= 0.6 is 0 Å². The molecule has 2 amide bonds. The summed E-state index contributed by atoms with van der Waals surface area (Å²) in [5, 5.41) is 13.1. The highest BCUT2D eigenvalue weighted by Gasteiger charge is 2.61. The van der Waals surface area contributed by atoms with Crippen LogP contribution in [0.25, 0.3) is 22.0 Å². The Labute approximate surface area is 195 Å². The molecule has 1 aliphatic rings. The van der Waals surface area contributed by atoms with Crippen molar-refractivity contribution in [3.8, 4) is 11.1 Å². The molecule has 1 aliphatic carbocycles. The Bertz CT molecular complexity index is 1300. The number of pyridine rings is 3. The predicted octanol–water partition coefficient (Wildman–Crippen LogP) is 3.74. The highest BCUT2D eigenvalue weighted by Crippen LogP contribution is 2.49. The fourth-order valence-corrected chi connectivity index (χ4v) is 3.68. The number of aliphatic hydroxyl groups excluding tert-OH is 1. The molecule has 178 valence electrons. The van der Waals surface area contributed by atoms with Crippen LogP contribution in [0, 0.1) is 12.8 Å². The number of halogens is 2. The molecular weight excluding hydrogens is 444 g/mol. The van der Waals surface area contributed by atoms with E-state index in [1.54, 1.807) is 32.4 Å². The maximum Gasteiger partial charge on any atom is 0.272 e. The Morgan fingerprint density at radius 3 is 2.50 bits per heavy atom. The minimum Gasteiger partial charge on any atom is -0.387 e. The second-order valence-corrected chi connectivity index (χ2v) is 8.70. The van der Waals surface area contributed by atoms with Gasteiger partial charge in [0.25, 0.3) is 11.8 Å². The first-order chi connectivity index (χ1) is 16.0. The zero-order valence-corrected chi connectivity index (χ0v) is 19.3. The molecular formula is C24H25F2N5O3. The van der Waals surface area contributed by atoms with Gasteiger partial charge in [0.1, 0.15) is 17.4 Å². The lowest BCUT2D eigenvalue weighted by atomic mass is 9.97. The Morgan fingerprint density at radius 1 is 1.21 bits per heavy atom. The second-order valence-electron chi connectivity index (χ2n) is 8.70. The van der Waals surface area contributed by atoms with E-state index in [4.69, 9.17) is 0 Å². The SMILES string of the molecule is CCC(O)c1cc(C)c(-c2cc3cnc(NC(=O)[C@H]4CC4(F)F)cc3nc2C(=O)N(C)C)cn1. The van der Waals surface area contributed by atoms with E-state index in [2.05, 4.69) is 20.3 Å². The van der Waals surface area contributed by atoms with Crippen LogP contribution in [0.1, 0.15) is 47.6 Å². The van der Waals surface area contributed by atoms with Gasteiger partial charge >= 0.3 is 0 Å². The van der Waals surface area contributed by atoms with Crippen molar-refractivity contribution in [1.29, 1.82) is 0 Å². The average molecular weight is 469 g/mol. The topological polar surface area (TPSA) is 108 Å². The number of aliphatic hydroxyl groups is 1. The molecule has 0 spiro atoms. The van der Waals surface area contributed by atoms with Crippen molar-refractivity contribution >= 4 is 28.5 Å². The minimum atomic E-state index is -2.98. The quantitative estimate of drug-likeness (QED) is 0.569. The van der Waals surface area contributed by atoms with Gasteiger partial charge in [0.05, 0.1) is 17.3 Å². The molecule has 0 aromatic carbocycles. The molecule has 3 heterocycles. The van der Waals surface area contributed by atoms with Crippen LogP contribution in [0.2, 0.25) is 0 Å². The fourth-order valence-electron chi connectivity index (χ4n) is 3.68. The number of carbonyl (C=O) groups is 2. The summed E-state index contributed by atoms with van der Waals surface area (Å²) < 4.78 is 26.4. The van der Waals surface area contributed by atoms with Crippen molar-refractivity contribution in [2.45, 2.75) is 38.7 Å². The molecule has 3 aromatic rings. The number of amides is 2. The lowest BCUT2D eigenvalue weighted by Gasteiger charge is -2.17. The predicted molar refractivity (Wildman–Crippen MR) is 122 cm³/mol. The molecule has 10 heteroatoms. The van der Waals surface area contributed by atoms with E-state index in [0.29, 0.717) is 34.1 Å². The first-order valence-corrected chi connectivity index (χ1v) is 10.9. The van der Waals surface area contributed by atoms with Crippen LogP contribution in [0.15, 0.2) is 30.6 Å². The van der Waals surface area contributed by atoms with Crippen LogP contribution in [-0.4, -0.2) is 56.8 Å². The Morgan fingerprint density at radius 2 is 1.91 bits per heavy atom. The third-order valence-corrected chi connectivity index (χ3v) is 5.85. The number of aryl methyl sites for hydroxylation is 1. The number of hydrogen-bond acceptors (Lipinski definition) is 6. The highest BCUT2D eigenvalue weighted by molar-refractivity contribution is 6.03. The second kappa shape index (κ2) is 8.68. The molecule has 0 bridgehead atoms. The summed E-state index contributed by atoms with van der Waals surface area (Å²) in [6.45, 7) is 3.72. The van der Waals surface area contributed by atoms with Gasteiger partial charge in [0.2, 0.25) is 5.91 Å². The number of hydrogen-bond donors (Lipinski definition) is 2. The van der Waals surface area contributed by atoms with E-state index < -0.39 is 30.3 Å². The molecule has 4 rings (SSSR count). The minimum absolute atomic E-state index is 0.0828. The number of nitrogens with zero attached hydrogens (tertiary/aromatic N) is 4. The van der Waals surface area contributed by atoms with Crippen LogP contribution in [0.4, 0.5) is 14.6 Å². The maximum absolute atomic E-state index is 13.2. The molecule has 3 aromatic heterocycles. The van der Waals surface area contributed by atoms with E-state index in [1.165, 1.54) is 17.2 Å². The molecule has 1 unspecified atom stereocenters. The summed E-state index contributed by atoms with van der Waals surface area (Å²) >= 11 is 0. The van der Waals surface area contributed by atoms with E-state index >= 15 is 0 Å². The smallest absolute Gasteiger partial charge is 0.272 e. The monoisotopic (exact) mass is 469 g/mol. The van der Waals surface area contributed by atoms with Gasteiger partial charge in [-0.05, 0) is 31.0 Å². The zero-order chi connectivity index (χ0) is 24.8. The van der Waals surface area contributed by atoms with Gasteiger partial charge in [0, 0.05) is 55.5 Å². The number of aromatic nitrogens is 3. The molecule has 0 saturated heterocycles. The number of rotatable bonds is 6. The van der Waals surface area contributed by atoms with E-state index in [1.807, 2.05) is 13.8 Å². The van der Waals surface area contributed by atoms with E-state index in [0.717, 1.165) is 5.56 Å². The van der Waals surface area contributed by atoms with Crippen molar-refractivity contribution in [2.75, 3.05) is 19.4 Å². The lowest BCUT2D eigenvalue weighted by molar-refractivity contribution is -0.119. The van der Waals surface area contributed by atoms with Crippen LogP contribution in [0.5, 0.6) is 0 Å². The molecule has 0 aliphatic heterocycles. The van der Waals surface area contributed by atoms with Gasteiger partial charge in [-0.15, -0.1) is 0 Å². The number of fused-ring (bicyclic) bond motifs is 1. The van der Waals surface area contributed by atoms with Gasteiger partial charge in [0.15, 0.2) is 0 Å². The first-order valence-electron chi connectivity index (χ1n) is 10.9. The lowest BCUT2D eigenvalue weighted by Crippen LogP contribution is -2.24. The zero-order valence-electron chi connectivity index (χ0n) is 19.3. The summed E-state index contributed by atoms with van der Waals surface area (Å²) in [5.41, 5.74) is 3.13. The van der Waals surface area contributed by atoms with Gasteiger partial charge in [-0.25, -0.2) is 18.7 Å². The summed E-state index contributed by atoms with van der Waals surface area (Å²) in [6.07, 6.45) is 2.44. The van der Waals surface area contributed by atoms with Gasteiger partial charge in [-0.2, -0.15) is 0 Å². The Kier molecular flexibility index (Phi) is 6.03. The fraction of sp³-hybridized carbons (Fsp3) is 0.375. The number of carbonyl (C=O) groups excluding carboxylic acids is 2. The van der Waals surface area contributed by atoms with Crippen LogP contribution < -0.4 is 5.32 Å². The Hall–Kier alpha value is -3.53. The molecule has 1 saturated carbocycles. The van der Waals surface area contributed by atoms with E-state index in [-0.39, 0.29) is 17.4 Å². The van der Waals surface area contributed by atoms with Crippen molar-refractivity contribution in [3.63, 3.8) is 0 Å². The third-order valence-electron chi connectivity index (χ3n) is 5.85. The van der Waals surface area contributed by atoms with Crippen molar-refractivity contribution in [2.24, 2.45) is 5.92 Å². The highest BCUT2D eigenvalue weighted by atomic mass is 19.3. The van der Waals surface area contributed by atoms with Crippen molar-refractivity contribution in [1.82, 2.24) is 19.9 Å². The largest absolute Gasteiger partial charge is 0.387 e. The Balaban J connectivity index is 1.77. The summed E-state index contributed by atoms with van der Waals surface area (Å²) in [7, 11) is 3.22. The molecule has 34 heavy (non-hydrogen) atoms. The summed E-state index contributed by atoms with van der Waals surface area (Å²) in [4.78, 5) is 39.5. The maximum atomic E-state index is 13.2. The standard InChI is InChI=1S/C24H25F2N5O3/c1-5-19(32)18-6-12(2)15(11-27-18)14-7-13-10-28-20(30-22(33)16-9-24(16,25)26)8-17(13)29-21(14)23(34)31(3)4/h6-8,10-11,16,19,32H,5,9H2,1-4H3,(H,28,30,33)/t16-,19?/m1/s1. The van der Waals surface area contributed by atoms with Crippen LogP contribution in [-0.2, 0) is 4.79 Å². The number of nitrogens with one attached hydrogen (secondary N) is 1. The number of anilines is 1. The normalized spacial score (nSPS) is 17.3. The summed E-state index contributed by atoms with van der Waals surface area (Å²) in [6, 6.07) is 4.99. The molecule has 8 nitrogen and oxygen atoms in total. The first kappa shape index (κ1) is 23.6. The van der Waals surface area contributed by atoms with Crippen LogP contribution in [0.3, 0.4) is 0 Å². The van der Waals surface area contributed by atoms with Gasteiger partial charge in [-0.3, -0.25) is 14.6 Å². The molecule has 0 radical (unpaired) electrons. The van der Waals surface area contributed by atoms with Crippen molar-refractivity contribution < 1.29 is 23.5 Å². The van der Waals surface area contributed by atoms with Crippen molar-refractivity contribution in [3.05, 3.63) is 47.5 Å². The average Bonchev–Trinajstić information content (AvgIpc) is 3.45. The third kappa shape index (κ3) is 4.45. The molecule has 2 N–H and O–H groups in total.